The van der Waals surface area contributed by atoms with Crippen LogP contribution in [0.2, 0.25) is 0 Å². The molecule has 0 saturated carbocycles. The van der Waals surface area contributed by atoms with Crippen LogP contribution in [0.4, 0.5) is 0 Å². The monoisotopic (exact) mass is 317 g/mol. The zero-order chi connectivity index (χ0) is 16.2. The Morgan fingerprint density at radius 3 is 2.87 bits per heavy atom. The number of aliphatic hydroxyl groups is 1. The van der Waals surface area contributed by atoms with Crippen LogP contribution in [0.1, 0.15) is 16.1 Å². The maximum Gasteiger partial charge on any atom is 0.326 e. The summed E-state index contributed by atoms with van der Waals surface area (Å²) in [6.07, 6.45) is 1.43. The predicted octanol–water partition coefficient (Wildman–Crippen LogP) is 0.0580. The largest absolute Gasteiger partial charge is 0.394 e. The highest BCUT2D eigenvalue weighted by atomic mass is 16.5. The van der Waals surface area contributed by atoms with Crippen LogP contribution < -0.4 is 5.69 Å². The van der Waals surface area contributed by atoms with Crippen molar-refractivity contribution >= 4 is 5.91 Å². The molecule has 2 heterocycles. The van der Waals surface area contributed by atoms with Gasteiger partial charge in [-0.3, -0.25) is 9.36 Å². The molecule has 2 aromatic rings. The van der Waals surface area contributed by atoms with Gasteiger partial charge in [-0.25, -0.2) is 4.79 Å². The maximum absolute atomic E-state index is 12.8. The number of carbonyl (C=O) groups excluding carboxylic acids is 1. The van der Waals surface area contributed by atoms with Crippen LogP contribution in [-0.4, -0.2) is 57.9 Å². The van der Waals surface area contributed by atoms with E-state index in [9.17, 15) is 14.7 Å². The molecule has 0 spiro atoms. The third-order valence-electron chi connectivity index (χ3n) is 3.97. The van der Waals surface area contributed by atoms with Crippen molar-refractivity contribution in [2.45, 2.75) is 12.6 Å². The minimum absolute atomic E-state index is 0.168. The number of ether oxygens (including phenoxy) is 1. The third kappa shape index (κ3) is 3.20. The van der Waals surface area contributed by atoms with Crippen LogP contribution in [-0.2, 0) is 11.3 Å². The van der Waals surface area contributed by atoms with Gasteiger partial charge in [-0.05, 0) is 5.56 Å². The Bertz CT molecular complexity index is 722. The van der Waals surface area contributed by atoms with Crippen molar-refractivity contribution < 1.29 is 14.6 Å². The van der Waals surface area contributed by atoms with Crippen LogP contribution in [0.15, 0.2) is 41.3 Å². The van der Waals surface area contributed by atoms with Crippen LogP contribution >= 0.6 is 0 Å². The lowest BCUT2D eigenvalue weighted by Gasteiger charge is -2.34. The lowest BCUT2D eigenvalue weighted by molar-refractivity contribution is -0.0188. The second kappa shape index (κ2) is 6.80. The number of carbonyl (C=O) groups is 1. The van der Waals surface area contributed by atoms with E-state index in [-0.39, 0.29) is 24.2 Å². The summed E-state index contributed by atoms with van der Waals surface area (Å²) in [4.78, 5) is 29.0. The number of morpholine rings is 1. The van der Waals surface area contributed by atoms with E-state index in [1.54, 1.807) is 4.90 Å². The Balaban J connectivity index is 1.88. The quantitative estimate of drug-likeness (QED) is 0.834. The Hall–Kier alpha value is -2.38. The molecule has 1 atom stereocenters. The summed E-state index contributed by atoms with van der Waals surface area (Å²) in [5.74, 6) is -0.276. The van der Waals surface area contributed by atoms with E-state index in [2.05, 4.69) is 4.98 Å². The van der Waals surface area contributed by atoms with E-state index >= 15 is 0 Å². The second-order valence-corrected chi connectivity index (χ2v) is 5.46. The number of nitrogens with one attached hydrogen (secondary N) is 1. The third-order valence-corrected chi connectivity index (χ3v) is 3.97. The van der Waals surface area contributed by atoms with Gasteiger partial charge in [-0.2, -0.15) is 0 Å². The summed E-state index contributed by atoms with van der Waals surface area (Å²) in [5, 5.41) is 9.42. The molecule has 2 N–H and O–H groups in total. The van der Waals surface area contributed by atoms with Crippen molar-refractivity contribution in [1.29, 1.82) is 0 Å². The van der Waals surface area contributed by atoms with Crippen molar-refractivity contribution in [2.24, 2.45) is 0 Å². The summed E-state index contributed by atoms with van der Waals surface area (Å²) < 4.78 is 6.71. The zero-order valence-electron chi connectivity index (χ0n) is 12.6. The van der Waals surface area contributed by atoms with Crippen molar-refractivity contribution in [2.75, 3.05) is 26.4 Å². The van der Waals surface area contributed by atoms with Crippen LogP contribution in [0.5, 0.6) is 0 Å². The van der Waals surface area contributed by atoms with E-state index in [1.807, 2.05) is 30.3 Å². The minimum Gasteiger partial charge on any atom is -0.394 e. The van der Waals surface area contributed by atoms with E-state index in [0.717, 1.165) is 5.56 Å². The van der Waals surface area contributed by atoms with Crippen molar-refractivity contribution in [3.63, 3.8) is 0 Å². The lowest BCUT2D eigenvalue weighted by Crippen LogP contribution is -2.51. The molecule has 1 saturated heterocycles. The SMILES string of the molecule is O=C(c1c[nH]c(=O)n1Cc1ccccc1)N1CCOCC1CO. The minimum atomic E-state index is -0.383. The molecule has 1 aromatic heterocycles. The molecule has 23 heavy (non-hydrogen) atoms. The molecule has 1 aromatic carbocycles. The number of hydrogen-bond donors (Lipinski definition) is 2. The second-order valence-electron chi connectivity index (χ2n) is 5.46. The van der Waals surface area contributed by atoms with Gasteiger partial charge < -0.3 is 19.7 Å². The van der Waals surface area contributed by atoms with Crippen molar-refractivity contribution in [3.05, 3.63) is 58.3 Å². The number of aromatic nitrogens is 2. The summed E-state index contributed by atoms with van der Waals surface area (Å²) >= 11 is 0. The van der Waals surface area contributed by atoms with E-state index in [1.165, 1.54) is 10.8 Å². The molecular weight excluding hydrogens is 298 g/mol. The molecule has 7 nitrogen and oxygen atoms in total. The fourth-order valence-corrected chi connectivity index (χ4v) is 2.72. The van der Waals surface area contributed by atoms with Crippen molar-refractivity contribution in [3.8, 4) is 0 Å². The average molecular weight is 317 g/mol. The molecule has 1 unspecified atom stereocenters. The Morgan fingerprint density at radius 2 is 2.13 bits per heavy atom. The number of aliphatic hydroxyl groups excluding tert-OH is 1. The fraction of sp³-hybridized carbons (Fsp3) is 0.375. The number of hydrogen-bond acceptors (Lipinski definition) is 4. The van der Waals surface area contributed by atoms with Gasteiger partial charge in [0.15, 0.2) is 0 Å². The molecular formula is C16H19N3O4. The van der Waals surface area contributed by atoms with Gasteiger partial charge in [0.25, 0.3) is 5.91 Å². The molecule has 1 aliphatic heterocycles. The van der Waals surface area contributed by atoms with Gasteiger partial charge >= 0.3 is 5.69 Å². The summed E-state index contributed by atoms with van der Waals surface area (Å²) in [5.41, 5.74) is 0.897. The molecule has 0 bridgehead atoms. The first kappa shape index (κ1) is 15.5. The van der Waals surface area contributed by atoms with Crippen LogP contribution in [0.3, 0.4) is 0 Å². The molecule has 3 rings (SSSR count). The summed E-state index contributed by atoms with van der Waals surface area (Å²) in [6, 6.07) is 9.09. The number of aromatic amines is 1. The highest BCUT2D eigenvalue weighted by molar-refractivity contribution is 5.92. The lowest BCUT2D eigenvalue weighted by atomic mass is 10.2. The Kier molecular flexibility index (Phi) is 4.59. The van der Waals surface area contributed by atoms with Gasteiger partial charge in [-0.15, -0.1) is 0 Å². The van der Waals surface area contributed by atoms with E-state index in [0.29, 0.717) is 32.0 Å². The highest BCUT2D eigenvalue weighted by Crippen LogP contribution is 2.12. The van der Waals surface area contributed by atoms with Gasteiger partial charge in [-0.1, -0.05) is 30.3 Å². The van der Waals surface area contributed by atoms with Gasteiger partial charge in [0.05, 0.1) is 32.4 Å². The number of rotatable bonds is 4. The highest BCUT2D eigenvalue weighted by Gasteiger charge is 2.29. The summed E-state index contributed by atoms with van der Waals surface area (Å²) in [7, 11) is 0. The average Bonchev–Trinajstić information content (AvgIpc) is 2.96. The smallest absolute Gasteiger partial charge is 0.326 e. The fourth-order valence-electron chi connectivity index (χ4n) is 2.72. The predicted molar refractivity (Wildman–Crippen MR) is 83.3 cm³/mol. The number of H-pyrrole nitrogens is 1. The molecule has 7 heteroatoms. The molecule has 1 fully saturated rings. The van der Waals surface area contributed by atoms with E-state index < -0.39 is 0 Å². The molecule has 1 aliphatic rings. The number of amides is 1. The van der Waals surface area contributed by atoms with Gasteiger partial charge in [0.1, 0.15) is 5.69 Å². The van der Waals surface area contributed by atoms with Crippen molar-refractivity contribution in [1.82, 2.24) is 14.5 Å². The molecule has 1 amide bonds. The Morgan fingerprint density at radius 1 is 1.35 bits per heavy atom. The van der Waals surface area contributed by atoms with E-state index in [4.69, 9.17) is 4.74 Å². The van der Waals surface area contributed by atoms with Gasteiger partial charge in [0, 0.05) is 12.7 Å². The molecule has 0 radical (unpaired) electrons. The number of imidazole rings is 1. The van der Waals surface area contributed by atoms with Crippen LogP contribution in [0.25, 0.3) is 0 Å². The number of nitrogens with zero attached hydrogens (tertiary/aromatic N) is 2. The first-order valence-corrected chi connectivity index (χ1v) is 7.52. The zero-order valence-corrected chi connectivity index (χ0v) is 12.6. The maximum atomic E-state index is 12.8. The van der Waals surface area contributed by atoms with Crippen LogP contribution in [0, 0.1) is 0 Å². The topological polar surface area (TPSA) is 87.6 Å². The van der Waals surface area contributed by atoms with Gasteiger partial charge in [0.2, 0.25) is 0 Å². The number of benzene rings is 1. The normalized spacial score (nSPS) is 18.1. The first-order chi connectivity index (χ1) is 11.2. The Labute approximate surface area is 133 Å². The first-order valence-electron chi connectivity index (χ1n) is 7.52. The molecule has 0 aliphatic carbocycles. The standard InChI is InChI=1S/C16H19N3O4/c20-10-13-11-23-7-6-18(13)15(21)14-8-17-16(22)19(14)9-12-4-2-1-3-5-12/h1-5,8,13,20H,6-7,9-11H2,(H,17,22). The molecule has 122 valence electrons. The summed E-state index contributed by atoms with van der Waals surface area (Å²) in [6.45, 7) is 1.28.